The molecule has 0 saturated heterocycles. The molecular weight excluding hydrogens is 410 g/mol. The molecule has 1 amide bonds. The van der Waals surface area contributed by atoms with Gasteiger partial charge in [-0.15, -0.1) is 11.3 Å². The van der Waals surface area contributed by atoms with Gasteiger partial charge in [0.05, 0.1) is 4.90 Å². The molecule has 0 saturated carbocycles. The van der Waals surface area contributed by atoms with E-state index in [9.17, 15) is 13.2 Å². The minimum absolute atomic E-state index is 0.0166. The molecule has 1 aromatic carbocycles. The molecule has 2 aromatic rings. The number of anilines is 1. The molecule has 11 heteroatoms. The van der Waals surface area contributed by atoms with Gasteiger partial charge in [-0.25, -0.2) is 13.4 Å². The minimum atomic E-state index is -3.92. The first-order valence-electron chi connectivity index (χ1n) is 8.11. The lowest BCUT2D eigenvalue weighted by atomic mass is 10.2. The van der Waals surface area contributed by atoms with Crippen molar-refractivity contribution in [3.63, 3.8) is 0 Å². The fourth-order valence-electron chi connectivity index (χ4n) is 2.40. The number of hydrogen-bond donors (Lipinski definition) is 2. The number of amides is 1. The molecule has 0 aliphatic carbocycles. The van der Waals surface area contributed by atoms with Gasteiger partial charge in [-0.1, -0.05) is 0 Å². The van der Waals surface area contributed by atoms with Gasteiger partial charge in [0.2, 0.25) is 15.9 Å². The van der Waals surface area contributed by atoms with Gasteiger partial charge in [0, 0.05) is 17.6 Å². The number of nitrogens with one attached hydrogen (secondary N) is 2. The number of benzene rings is 1. The van der Waals surface area contributed by atoms with E-state index >= 15 is 0 Å². The molecule has 1 unspecified atom stereocenters. The largest absolute Gasteiger partial charge is 0.486 e. The molecule has 2 N–H and O–H groups in total. The average molecular weight is 430 g/mol. The topological polar surface area (TPSA) is 107 Å². The van der Waals surface area contributed by atoms with Crippen molar-refractivity contribution in [3.05, 3.63) is 29.8 Å². The van der Waals surface area contributed by atoms with Crippen molar-refractivity contribution in [1.29, 1.82) is 0 Å². The van der Waals surface area contributed by atoms with E-state index < -0.39 is 22.0 Å². The summed E-state index contributed by atoms with van der Waals surface area (Å²) in [5.41, 5.74) is 0. The maximum Gasteiger partial charge on any atom is 0.244 e. The van der Waals surface area contributed by atoms with E-state index in [0.29, 0.717) is 42.0 Å². The molecule has 146 valence electrons. The van der Waals surface area contributed by atoms with Gasteiger partial charge in [-0.2, -0.15) is 16.5 Å². The third kappa shape index (κ3) is 5.12. The van der Waals surface area contributed by atoms with Crippen LogP contribution in [0.1, 0.15) is 6.42 Å². The first-order valence-corrected chi connectivity index (χ1v) is 11.9. The van der Waals surface area contributed by atoms with Crippen LogP contribution in [0.2, 0.25) is 0 Å². The summed E-state index contributed by atoms with van der Waals surface area (Å²) in [4.78, 5) is 16.5. The van der Waals surface area contributed by atoms with Gasteiger partial charge in [0.15, 0.2) is 16.6 Å². The van der Waals surface area contributed by atoms with Crippen LogP contribution < -0.4 is 19.5 Å². The van der Waals surface area contributed by atoms with Crippen LogP contribution in [0.4, 0.5) is 5.13 Å². The van der Waals surface area contributed by atoms with E-state index in [0.717, 1.165) is 0 Å². The Morgan fingerprint density at radius 3 is 2.81 bits per heavy atom. The molecular formula is C16H19N3O5S3. The molecule has 0 spiro atoms. The third-order valence-electron chi connectivity index (χ3n) is 3.71. The Kier molecular flexibility index (Phi) is 6.58. The van der Waals surface area contributed by atoms with Crippen LogP contribution in [0.15, 0.2) is 34.7 Å². The fraction of sp³-hybridized carbons (Fsp3) is 0.375. The standard InChI is InChI=1S/C16H19N3O5S3/c1-25-8-4-12(15(20)18-16-17-5-9-26-16)19-27(21,22)11-2-3-13-14(10-11)24-7-6-23-13/h2-3,5,9-10,12,19H,4,6-8H2,1H3,(H,17,18,20). The maximum atomic E-state index is 12.8. The number of carbonyl (C=O) groups is 1. The second-order valence-electron chi connectivity index (χ2n) is 5.59. The summed E-state index contributed by atoms with van der Waals surface area (Å²) in [5.74, 6) is 1.05. The van der Waals surface area contributed by atoms with Crippen molar-refractivity contribution in [2.45, 2.75) is 17.4 Å². The third-order valence-corrected chi connectivity index (χ3v) is 6.51. The number of aromatic nitrogens is 1. The van der Waals surface area contributed by atoms with Gasteiger partial charge in [-0.3, -0.25) is 4.79 Å². The van der Waals surface area contributed by atoms with Crippen molar-refractivity contribution in [1.82, 2.24) is 9.71 Å². The highest BCUT2D eigenvalue weighted by molar-refractivity contribution is 7.98. The zero-order valence-electron chi connectivity index (χ0n) is 14.5. The second kappa shape index (κ2) is 8.91. The van der Waals surface area contributed by atoms with E-state index in [1.807, 2.05) is 6.26 Å². The summed E-state index contributed by atoms with van der Waals surface area (Å²) >= 11 is 2.80. The lowest BCUT2D eigenvalue weighted by molar-refractivity contribution is -0.117. The van der Waals surface area contributed by atoms with Gasteiger partial charge in [0.25, 0.3) is 0 Å². The summed E-state index contributed by atoms with van der Waals surface area (Å²) in [6.45, 7) is 0.779. The number of sulfonamides is 1. The van der Waals surface area contributed by atoms with Gasteiger partial charge >= 0.3 is 0 Å². The molecule has 27 heavy (non-hydrogen) atoms. The highest BCUT2D eigenvalue weighted by atomic mass is 32.2. The quantitative estimate of drug-likeness (QED) is 0.660. The van der Waals surface area contributed by atoms with Gasteiger partial charge < -0.3 is 14.8 Å². The molecule has 2 heterocycles. The molecule has 1 aliphatic rings. The van der Waals surface area contributed by atoms with Crippen molar-refractivity contribution >= 4 is 44.2 Å². The van der Waals surface area contributed by atoms with E-state index in [-0.39, 0.29) is 4.90 Å². The number of thiazole rings is 1. The maximum absolute atomic E-state index is 12.8. The van der Waals surface area contributed by atoms with Crippen molar-refractivity contribution < 1.29 is 22.7 Å². The summed E-state index contributed by atoms with van der Waals surface area (Å²) in [5, 5.41) is 4.79. The number of ether oxygens (including phenoxy) is 2. The predicted molar refractivity (Wildman–Crippen MR) is 105 cm³/mol. The van der Waals surface area contributed by atoms with Crippen LogP contribution in [-0.2, 0) is 14.8 Å². The zero-order chi connectivity index (χ0) is 19.3. The fourth-order valence-corrected chi connectivity index (χ4v) is 4.65. The van der Waals surface area contributed by atoms with Crippen molar-refractivity contribution in [2.24, 2.45) is 0 Å². The second-order valence-corrected chi connectivity index (χ2v) is 9.18. The highest BCUT2D eigenvalue weighted by Gasteiger charge is 2.27. The van der Waals surface area contributed by atoms with Gasteiger partial charge in [0.1, 0.15) is 19.3 Å². The van der Waals surface area contributed by atoms with E-state index in [1.54, 1.807) is 17.6 Å². The molecule has 0 fully saturated rings. The Morgan fingerprint density at radius 2 is 2.11 bits per heavy atom. The first kappa shape index (κ1) is 19.9. The molecule has 0 radical (unpaired) electrons. The predicted octanol–water partition coefficient (Wildman–Crippen LogP) is 1.95. The molecule has 3 rings (SSSR count). The number of rotatable bonds is 8. The Labute approximate surface area is 165 Å². The molecule has 1 atom stereocenters. The number of fused-ring (bicyclic) bond motifs is 1. The number of nitrogens with zero attached hydrogens (tertiary/aromatic N) is 1. The zero-order valence-corrected chi connectivity index (χ0v) is 17.0. The Morgan fingerprint density at radius 1 is 1.33 bits per heavy atom. The minimum Gasteiger partial charge on any atom is -0.486 e. The molecule has 0 bridgehead atoms. The van der Waals surface area contributed by atoms with Gasteiger partial charge in [-0.05, 0) is 30.6 Å². The Bertz CT molecular complexity index is 887. The van der Waals surface area contributed by atoms with Crippen LogP contribution >= 0.6 is 23.1 Å². The van der Waals surface area contributed by atoms with Crippen LogP contribution in [0.3, 0.4) is 0 Å². The number of hydrogen-bond acceptors (Lipinski definition) is 8. The van der Waals surface area contributed by atoms with Crippen LogP contribution in [0.25, 0.3) is 0 Å². The lowest BCUT2D eigenvalue weighted by Crippen LogP contribution is -2.44. The summed E-state index contributed by atoms with van der Waals surface area (Å²) < 4.78 is 38.9. The average Bonchev–Trinajstić information content (AvgIpc) is 3.17. The molecule has 1 aromatic heterocycles. The van der Waals surface area contributed by atoms with Crippen molar-refractivity contribution in [3.8, 4) is 11.5 Å². The van der Waals surface area contributed by atoms with E-state index in [2.05, 4.69) is 15.0 Å². The summed E-state index contributed by atoms with van der Waals surface area (Å²) in [6.07, 6.45) is 3.81. The normalized spacial score (nSPS) is 14.6. The SMILES string of the molecule is CSCCC(NS(=O)(=O)c1ccc2c(c1)OCCO2)C(=O)Nc1nccs1. The van der Waals surface area contributed by atoms with E-state index in [4.69, 9.17) is 9.47 Å². The molecule has 8 nitrogen and oxygen atoms in total. The summed E-state index contributed by atoms with van der Waals surface area (Å²) in [7, 11) is -3.92. The Hall–Kier alpha value is -1.82. The van der Waals surface area contributed by atoms with Crippen molar-refractivity contribution in [2.75, 3.05) is 30.5 Å². The highest BCUT2D eigenvalue weighted by Crippen LogP contribution is 2.32. The van der Waals surface area contributed by atoms with Crippen LogP contribution in [-0.4, -0.2) is 50.6 Å². The first-order chi connectivity index (χ1) is 13.0. The molecule has 1 aliphatic heterocycles. The van der Waals surface area contributed by atoms with Crippen LogP contribution in [0.5, 0.6) is 11.5 Å². The Balaban J connectivity index is 1.77. The monoisotopic (exact) mass is 429 g/mol. The van der Waals surface area contributed by atoms with E-state index in [1.165, 1.54) is 35.2 Å². The van der Waals surface area contributed by atoms with Crippen LogP contribution in [0, 0.1) is 0 Å². The lowest BCUT2D eigenvalue weighted by Gasteiger charge is -2.20. The number of carbonyl (C=O) groups excluding carboxylic acids is 1. The number of thioether (sulfide) groups is 1. The summed E-state index contributed by atoms with van der Waals surface area (Å²) in [6, 6.07) is 3.47. The smallest absolute Gasteiger partial charge is 0.244 e.